The molecule has 2 aliphatic heterocycles. The standard InChI is InChI=1S/C13H12F3N3O3S/c14-3-10-8-4-23-12(17)18-13(8,5-22-10)7-1-6(19(20)21)2-9(15)11(7)16/h1-2,8,10H,3-5H2,(H2,17,18)/t8-,10-,13?/m1/s1. The number of nitrogens with two attached hydrogens (primary N) is 1. The van der Waals surface area contributed by atoms with Gasteiger partial charge in [0.25, 0.3) is 5.69 Å². The number of aliphatic imine (C=N–C) groups is 1. The Morgan fingerprint density at radius 3 is 2.91 bits per heavy atom. The topological polar surface area (TPSA) is 90.8 Å². The number of fused-ring (bicyclic) bond motifs is 1. The quantitative estimate of drug-likeness (QED) is 0.668. The minimum Gasteiger partial charge on any atom is -0.379 e. The molecule has 0 saturated carbocycles. The normalized spacial score (nSPS) is 30.0. The number of nitrogens with zero attached hydrogens (tertiary/aromatic N) is 2. The average molecular weight is 347 g/mol. The molecule has 124 valence electrons. The lowest BCUT2D eigenvalue weighted by molar-refractivity contribution is -0.385. The van der Waals surface area contributed by atoms with Crippen molar-refractivity contribution in [3.63, 3.8) is 0 Å². The van der Waals surface area contributed by atoms with E-state index in [1.54, 1.807) is 0 Å². The molecule has 0 spiro atoms. The number of alkyl halides is 1. The lowest BCUT2D eigenvalue weighted by Crippen LogP contribution is -2.43. The molecule has 0 bridgehead atoms. The summed E-state index contributed by atoms with van der Waals surface area (Å²) >= 11 is 1.16. The van der Waals surface area contributed by atoms with Gasteiger partial charge in [0.05, 0.1) is 23.7 Å². The van der Waals surface area contributed by atoms with Crippen LogP contribution in [0.5, 0.6) is 0 Å². The summed E-state index contributed by atoms with van der Waals surface area (Å²) in [4.78, 5) is 14.3. The van der Waals surface area contributed by atoms with Crippen molar-refractivity contribution in [3.05, 3.63) is 39.4 Å². The number of thioether (sulfide) groups is 1. The van der Waals surface area contributed by atoms with Crippen LogP contribution in [0.15, 0.2) is 17.1 Å². The molecule has 1 unspecified atom stereocenters. The summed E-state index contributed by atoms with van der Waals surface area (Å²) in [5, 5.41) is 11.1. The van der Waals surface area contributed by atoms with E-state index in [4.69, 9.17) is 10.5 Å². The first kappa shape index (κ1) is 16.1. The number of nitro groups is 1. The molecule has 1 aromatic carbocycles. The Bertz CT molecular complexity index is 703. The molecule has 6 nitrogen and oxygen atoms in total. The van der Waals surface area contributed by atoms with Crippen molar-refractivity contribution in [2.45, 2.75) is 11.6 Å². The van der Waals surface area contributed by atoms with Gasteiger partial charge >= 0.3 is 0 Å². The molecule has 0 aromatic heterocycles. The zero-order valence-electron chi connectivity index (χ0n) is 11.7. The van der Waals surface area contributed by atoms with Crippen LogP contribution in [0.3, 0.4) is 0 Å². The fraction of sp³-hybridized carbons (Fsp3) is 0.462. The fourth-order valence-corrected chi connectivity index (χ4v) is 4.08. The van der Waals surface area contributed by atoms with E-state index in [-0.39, 0.29) is 17.3 Å². The van der Waals surface area contributed by atoms with Crippen molar-refractivity contribution >= 4 is 22.6 Å². The smallest absolute Gasteiger partial charge is 0.272 e. The second kappa shape index (κ2) is 5.68. The Balaban J connectivity index is 2.22. The van der Waals surface area contributed by atoms with Gasteiger partial charge in [-0.1, -0.05) is 11.8 Å². The fourth-order valence-electron chi connectivity index (χ4n) is 3.01. The summed E-state index contributed by atoms with van der Waals surface area (Å²) in [6.07, 6.45) is -0.846. The number of amidine groups is 1. The highest BCUT2D eigenvalue weighted by Crippen LogP contribution is 2.49. The second-order valence-corrected chi connectivity index (χ2v) is 6.38. The maximum absolute atomic E-state index is 14.4. The van der Waals surface area contributed by atoms with Gasteiger partial charge in [0.15, 0.2) is 16.8 Å². The van der Waals surface area contributed by atoms with Gasteiger partial charge < -0.3 is 10.5 Å². The molecule has 1 fully saturated rings. The summed E-state index contributed by atoms with van der Waals surface area (Å²) in [5.41, 5.74) is 3.31. The Labute approximate surface area is 133 Å². The van der Waals surface area contributed by atoms with Crippen molar-refractivity contribution in [2.24, 2.45) is 16.6 Å². The van der Waals surface area contributed by atoms with E-state index in [1.807, 2.05) is 0 Å². The number of rotatable bonds is 3. The SMILES string of the molecule is NC1=NC2(c3cc([N+](=O)[O-])cc(F)c3F)CO[C@H](CF)[C@H]2CS1. The van der Waals surface area contributed by atoms with E-state index in [0.29, 0.717) is 11.8 Å². The third kappa shape index (κ3) is 2.45. The maximum atomic E-state index is 14.4. The van der Waals surface area contributed by atoms with Gasteiger partial charge in [-0.2, -0.15) is 0 Å². The monoisotopic (exact) mass is 347 g/mol. The van der Waals surface area contributed by atoms with Crippen molar-refractivity contribution in [1.82, 2.24) is 0 Å². The van der Waals surface area contributed by atoms with Crippen LogP contribution in [0.2, 0.25) is 0 Å². The van der Waals surface area contributed by atoms with Gasteiger partial charge in [-0.25, -0.2) is 18.2 Å². The molecule has 1 aromatic rings. The highest BCUT2D eigenvalue weighted by atomic mass is 32.2. The van der Waals surface area contributed by atoms with Crippen LogP contribution in [-0.4, -0.2) is 35.2 Å². The molecule has 2 N–H and O–H groups in total. The molecule has 10 heteroatoms. The predicted molar refractivity (Wildman–Crippen MR) is 78.0 cm³/mol. The van der Waals surface area contributed by atoms with Gasteiger partial charge in [0, 0.05) is 23.3 Å². The minimum atomic E-state index is -1.46. The molecule has 3 atom stereocenters. The molecule has 2 aliphatic rings. The number of ether oxygens (including phenoxy) is 1. The van der Waals surface area contributed by atoms with E-state index >= 15 is 0 Å². The van der Waals surface area contributed by atoms with Crippen molar-refractivity contribution in [2.75, 3.05) is 19.0 Å². The number of halogens is 3. The van der Waals surface area contributed by atoms with Crippen LogP contribution in [0.4, 0.5) is 18.9 Å². The van der Waals surface area contributed by atoms with Crippen LogP contribution in [0.1, 0.15) is 5.56 Å². The summed E-state index contributed by atoms with van der Waals surface area (Å²) in [7, 11) is 0. The van der Waals surface area contributed by atoms with Gasteiger partial charge in [0.1, 0.15) is 12.2 Å². The first-order chi connectivity index (χ1) is 10.9. The lowest BCUT2D eigenvalue weighted by Gasteiger charge is -2.35. The minimum absolute atomic E-state index is 0.121. The molecule has 2 heterocycles. The van der Waals surface area contributed by atoms with Crippen LogP contribution in [0, 0.1) is 27.7 Å². The first-order valence-corrected chi connectivity index (χ1v) is 7.67. The Hall–Kier alpha value is -1.81. The van der Waals surface area contributed by atoms with Gasteiger partial charge in [-0.05, 0) is 0 Å². The number of hydrogen-bond donors (Lipinski definition) is 1. The molecule has 23 heavy (non-hydrogen) atoms. The van der Waals surface area contributed by atoms with Crippen LogP contribution in [-0.2, 0) is 10.3 Å². The lowest BCUT2D eigenvalue weighted by atomic mass is 9.78. The van der Waals surface area contributed by atoms with Gasteiger partial charge in [0.2, 0.25) is 0 Å². The second-order valence-electron chi connectivity index (χ2n) is 5.34. The summed E-state index contributed by atoms with van der Waals surface area (Å²) in [5.74, 6) is -2.92. The number of nitro benzene ring substituents is 1. The highest BCUT2D eigenvalue weighted by Gasteiger charge is 2.54. The molecule has 3 rings (SSSR count). The largest absolute Gasteiger partial charge is 0.379 e. The number of non-ortho nitro benzene ring substituents is 1. The van der Waals surface area contributed by atoms with Crippen molar-refractivity contribution < 1.29 is 22.8 Å². The molecule has 1 saturated heterocycles. The number of hydrogen-bond acceptors (Lipinski definition) is 6. The molecule has 0 radical (unpaired) electrons. The molecule has 0 aliphatic carbocycles. The van der Waals surface area contributed by atoms with E-state index in [1.165, 1.54) is 0 Å². The van der Waals surface area contributed by atoms with Crippen molar-refractivity contribution in [1.29, 1.82) is 0 Å². The predicted octanol–water partition coefficient (Wildman–Crippen LogP) is 2.11. The molecular formula is C13H12F3N3O3S. The Morgan fingerprint density at radius 1 is 1.52 bits per heavy atom. The Morgan fingerprint density at radius 2 is 2.26 bits per heavy atom. The zero-order valence-corrected chi connectivity index (χ0v) is 12.5. The van der Waals surface area contributed by atoms with Gasteiger partial charge in [-0.15, -0.1) is 0 Å². The molecular weight excluding hydrogens is 335 g/mol. The molecule has 0 amide bonds. The van der Waals surface area contributed by atoms with Gasteiger partial charge in [-0.3, -0.25) is 10.1 Å². The highest BCUT2D eigenvalue weighted by molar-refractivity contribution is 8.13. The maximum Gasteiger partial charge on any atom is 0.272 e. The summed E-state index contributed by atoms with van der Waals surface area (Å²) in [6.45, 7) is -1.04. The van der Waals surface area contributed by atoms with E-state index in [0.717, 1.165) is 17.8 Å². The summed E-state index contributed by atoms with van der Waals surface area (Å²) < 4.78 is 46.7. The zero-order chi connectivity index (χ0) is 16.8. The van der Waals surface area contributed by atoms with Crippen molar-refractivity contribution in [3.8, 4) is 0 Å². The third-order valence-electron chi connectivity index (χ3n) is 4.14. The summed E-state index contributed by atoms with van der Waals surface area (Å²) in [6, 6.07) is 1.42. The van der Waals surface area contributed by atoms with E-state index in [9.17, 15) is 23.3 Å². The van der Waals surface area contributed by atoms with Crippen LogP contribution < -0.4 is 5.73 Å². The van der Waals surface area contributed by atoms with E-state index in [2.05, 4.69) is 4.99 Å². The third-order valence-corrected chi connectivity index (χ3v) is 5.06. The van der Waals surface area contributed by atoms with Crippen LogP contribution >= 0.6 is 11.8 Å². The average Bonchev–Trinajstić information content (AvgIpc) is 2.88. The first-order valence-electron chi connectivity index (χ1n) is 6.68. The van der Waals surface area contributed by atoms with E-state index < -0.39 is 46.5 Å². The number of benzene rings is 1. The van der Waals surface area contributed by atoms with Crippen LogP contribution in [0.25, 0.3) is 0 Å². The Kier molecular flexibility index (Phi) is 3.96.